The summed E-state index contributed by atoms with van der Waals surface area (Å²) in [4.78, 5) is 30.2. The number of aryl methyl sites for hydroxylation is 1. The first-order chi connectivity index (χ1) is 17.0. The Morgan fingerprint density at radius 3 is 3.06 bits per heavy atom. The third-order valence-corrected chi connectivity index (χ3v) is 6.22. The Hall–Kier alpha value is -3.72. The lowest BCUT2D eigenvalue weighted by Gasteiger charge is -2.32. The van der Waals surface area contributed by atoms with Gasteiger partial charge in [-0.15, -0.1) is 0 Å². The second-order valence-corrected chi connectivity index (χ2v) is 9.10. The lowest BCUT2D eigenvalue weighted by atomic mass is 9.98. The maximum Gasteiger partial charge on any atom is 0.415 e. The molecule has 2 N–H and O–H groups in total. The molecule has 180 valence electrons. The normalized spacial score (nSPS) is 15.9. The lowest BCUT2D eigenvalue weighted by molar-refractivity contribution is 0.128. The van der Waals surface area contributed by atoms with E-state index in [2.05, 4.69) is 25.3 Å². The van der Waals surface area contributed by atoms with E-state index in [1.54, 1.807) is 29.4 Å². The summed E-state index contributed by atoms with van der Waals surface area (Å²) in [5.41, 5.74) is 2.35. The van der Waals surface area contributed by atoms with Gasteiger partial charge in [-0.1, -0.05) is 23.7 Å². The van der Waals surface area contributed by atoms with Crippen LogP contribution in [0.2, 0.25) is 5.02 Å². The van der Waals surface area contributed by atoms with E-state index in [0.29, 0.717) is 47.4 Å². The van der Waals surface area contributed by atoms with Crippen molar-refractivity contribution >= 4 is 34.5 Å². The molecule has 0 radical (unpaired) electrons. The van der Waals surface area contributed by atoms with Gasteiger partial charge in [0.15, 0.2) is 17.5 Å². The van der Waals surface area contributed by atoms with Crippen molar-refractivity contribution in [1.82, 2.24) is 24.8 Å². The quantitative estimate of drug-likeness (QED) is 0.383. The molecule has 0 bridgehead atoms. The van der Waals surface area contributed by atoms with Crippen LogP contribution in [0.15, 0.2) is 48.9 Å². The number of nitrogens with zero attached hydrogens (tertiary/aromatic N) is 4. The molecule has 10 heteroatoms. The van der Waals surface area contributed by atoms with Gasteiger partial charge in [0, 0.05) is 43.0 Å². The van der Waals surface area contributed by atoms with Crippen LogP contribution in [0, 0.1) is 18.7 Å². The van der Waals surface area contributed by atoms with Gasteiger partial charge >= 0.3 is 6.09 Å². The van der Waals surface area contributed by atoms with Crippen LogP contribution in [-0.4, -0.2) is 50.6 Å². The molecule has 8 nitrogen and oxygen atoms in total. The molecule has 0 spiro atoms. The van der Waals surface area contributed by atoms with Gasteiger partial charge in [0.1, 0.15) is 11.4 Å². The van der Waals surface area contributed by atoms with Crippen molar-refractivity contribution in [3.8, 4) is 17.1 Å². The molecule has 1 unspecified atom stereocenters. The van der Waals surface area contributed by atoms with Crippen molar-refractivity contribution in [1.29, 1.82) is 0 Å². The van der Waals surface area contributed by atoms with E-state index in [-0.39, 0.29) is 17.8 Å². The third-order valence-electron chi connectivity index (χ3n) is 6.01. The molecule has 35 heavy (non-hydrogen) atoms. The summed E-state index contributed by atoms with van der Waals surface area (Å²) in [6, 6.07) is 9.16. The molecular weight excluding hydrogens is 471 g/mol. The first kappa shape index (κ1) is 23.0. The van der Waals surface area contributed by atoms with E-state index in [1.807, 2.05) is 25.1 Å². The molecule has 1 fully saturated rings. The number of fused-ring (bicyclic) bond motifs is 1. The Morgan fingerprint density at radius 2 is 2.20 bits per heavy atom. The van der Waals surface area contributed by atoms with Crippen LogP contribution < -0.4 is 10.1 Å². The van der Waals surface area contributed by atoms with Gasteiger partial charge < -0.3 is 19.9 Å². The number of pyridine rings is 1. The van der Waals surface area contributed by atoms with Crippen molar-refractivity contribution in [2.75, 3.05) is 25.0 Å². The van der Waals surface area contributed by atoms with Gasteiger partial charge in [0.05, 0.1) is 11.2 Å². The van der Waals surface area contributed by atoms with Gasteiger partial charge in [-0.25, -0.2) is 24.1 Å². The Balaban J connectivity index is 1.25. The molecule has 1 aliphatic heterocycles. The minimum atomic E-state index is -0.545. The zero-order valence-electron chi connectivity index (χ0n) is 19.1. The second kappa shape index (κ2) is 9.87. The number of amides is 1. The van der Waals surface area contributed by atoms with Gasteiger partial charge in [-0.2, -0.15) is 0 Å². The van der Waals surface area contributed by atoms with E-state index in [1.165, 1.54) is 0 Å². The predicted molar refractivity (Wildman–Crippen MR) is 132 cm³/mol. The number of carbonyl (C=O) groups excluding carboxylic acids is 1. The van der Waals surface area contributed by atoms with E-state index in [0.717, 1.165) is 30.0 Å². The van der Waals surface area contributed by atoms with Crippen molar-refractivity contribution in [3.05, 3.63) is 65.3 Å². The average Bonchev–Trinajstić information content (AvgIpc) is 3.27. The van der Waals surface area contributed by atoms with Crippen LogP contribution in [0.4, 0.5) is 15.0 Å². The fraction of sp³-hybridized carbons (Fsp3) is 0.280. The van der Waals surface area contributed by atoms with Gasteiger partial charge in [0.2, 0.25) is 0 Å². The molecule has 0 aliphatic carbocycles. The van der Waals surface area contributed by atoms with Crippen molar-refractivity contribution in [3.63, 3.8) is 0 Å². The highest BCUT2D eigenvalue weighted by atomic mass is 35.5. The second-order valence-electron chi connectivity index (χ2n) is 8.66. The number of aromatic nitrogens is 4. The average molecular weight is 495 g/mol. The summed E-state index contributed by atoms with van der Waals surface area (Å²) in [6.07, 6.45) is 5.80. The number of H-pyrrole nitrogens is 1. The number of rotatable bonds is 5. The SMILES string of the molecule is Cc1cccc(OC(=O)N2CCCC(CNc3nc(-c4c[nH]c5ncc(Cl)cc45)ncc3F)C2)c1. The number of nitrogens with one attached hydrogen (secondary N) is 2. The maximum absolute atomic E-state index is 14.5. The topological polar surface area (TPSA) is 96.0 Å². The third kappa shape index (κ3) is 5.19. The summed E-state index contributed by atoms with van der Waals surface area (Å²) in [7, 11) is 0. The van der Waals surface area contributed by atoms with Gasteiger partial charge in [0.25, 0.3) is 0 Å². The first-order valence-corrected chi connectivity index (χ1v) is 11.8. The van der Waals surface area contributed by atoms with E-state index < -0.39 is 5.82 Å². The molecule has 3 aromatic heterocycles. The number of benzene rings is 1. The summed E-state index contributed by atoms with van der Waals surface area (Å²) < 4.78 is 20.0. The van der Waals surface area contributed by atoms with Crippen LogP contribution >= 0.6 is 11.6 Å². The van der Waals surface area contributed by atoms with E-state index >= 15 is 0 Å². The summed E-state index contributed by atoms with van der Waals surface area (Å²) >= 11 is 6.09. The number of carbonyl (C=O) groups is 1. The Bertz CT molecular complexity index is 1380. The minimum Gasteiger partial charge on any atom is -0.410 e. The van der Waals surface area contributed by atoms with E-state index in [4.69, 9.17) is 16.3 Å². The molecule has 1 saturated heterocycles. The first-order valence-electron chi connectivity index (χ1n) is 11.4. The van der Waals surface area contributed by atoms with E-state index in [9.17, 15) is 9.18 Å². The number of likely N-dealkylation sites (tertiary alicyclic amines) is 1. The number of anilines is 1. The van der Waals surface area contributed by atoms with Crippen LogP contribution in [-0.2, 0) is 0 Å². The fourth-order valence-corrected chi connectivity index (χ4v) is 4.42. The van der Waals surface area contributed by atoms with Crippen molar-refractivity contribution in [2.24, 2.45) is 5.92 Å². The minimum absolute atomic E-state index is 0.110. The van der Waals surface area contributed by atoms with Crippen LogP contribution in [0.5, 0.6) is 5.75 Å². The fourth-order valence-electron chi connectivity index (χ4n) is 4.27. The number of halogens is 2. The summed E-state index contributed by atoms with van der Waals surface area (Å²) in [5.74, 6) is 0.577. The number of piperidine rings is 1. The summed E-state index contributed by atoms with van der Waals surface area (Å²) in [5, 5.41) is 4.35. The maximum atomic E-state index is 14.5. The van der Waals surface area contributed by atoms with Crippen LogP contribution in [0.1, 0.15) is 18.4 Å². The molecule has 4 aromatic rings. The largest absolute Gasteiger partial charge is 0.415 e. The molecular formula is C25H24ClFN6O2. The van der Waals surface area contributed by atoms with Crippen LogP contribution in [0.3, 0.4) is 0 Å². The lowest BCUT2D eigenvalue weighted by Crippen LogP contribution is -2.43. The summed E-state index contributed by atoms with van der Waals surface area (Å²) in [6.45, 7) is 3.55. The zero-order chi connectivity index (χ0) is 24.4. The Kier molecular flexibility index (Phi) is 6.50. The Morgan fingerprint density at radius 1 is 1.31 bits per heavy atom. The molecule has 4 heterocycles. The van der Waals surface area contributed by atoms with Crippen molar-refractivity contribution in [2.45, 2.75) is 19.8 Å². The number of ether oxygens (including phenoxy) is 1. The van der Waals surface area contributed by atoms with Crippen molar-refractivity contribution < 1.29 is 13.9 Å². The highest BCUT2D eigenvalue weighted by Gasteiger charge is 2.25. The highest BCUT2D eigenvalue weighted by molar-refractivity contribution is 6.31. The smallest absolute Gasteiger partial charge is 0.410 e. The van der Waals surface area contributed by atoms with Gasteiger partial charge in [-0.3, -0.25) is 0 Å². The number of hydrogen-bond donors (Lipinski definition) is 2. The zero-order valence-corrected chi connectivity index (χ0v) is 19.8. The number of aromatic amines is 1. The monoisotopic (exact) mass is 494 g/mol. The predicted octanol–water partition coefficient (Wildman–Crippen LogP) is 5.44. The molecule has 0 saturated carbocycles. The molecule has 5 rings (SSSR count). The van der Waals surface area contributed by atoms with Crippen LogP contribution in [0.25, 0.3) is 22.4 Å². The van der Waals surface area contributed by atoms with Gasteiger partial charge in [-0.05, 0) is 49.4 Å². The molecule has 1 aliphatic rings. The molecule has 1 amide bonds. The Labute approximate surface area is 206 Å². The highest BCUT2D eigenvalue weighted by Crippen LogP contribution is 2.28. The number of hydrogen-bond acceptors (Lipinski definition) is 6. The molecule has 1 atom stereocenters. The molecule has 1 aromatic carbocycles. The standard InChI is InChI=1S/C25H24ClFN6O2/c1-15-4-2-6-18(8-15)35-25(34)33-7-3-5-16(14-33)10-28-24-21(27)13-31-23(32-24)20-12-30-22-19(20)9-17(26)11-29-22/h2,4,6,8-9,11-13,16H,3,5,7,10,14H2,1H3,(H,29,30)(H,28,31,32).